The zero-order valence-electron chi connectivity index (χ0n) is 24.6. The minimum Gasteiger partial charge on any atom is -0.387 e. The van der Waals surface area contributed by atoms with E-state index in [2.05, 4.69) is 36.7 Å². The minimum absolute atomic E-state index is 0.235. The lowest BCUT2D eigenvalue weighted by Crippen LogP contribution is -2.90. The summed E-state index contributed by atoms with van der Waals surface area (Å²) in [5.41, 5.74) is -3.27. The quantitative estimate of drug-likeness (QED) is 0.0930. The van der Waals surface area contributed by atoms with Crippen LogP contribution in [0.2, 0.25) is 0 Å². The number of allylic oxidation sites excluding steroid dienone is 2. The van der Waals surface area contributed by atoms with Crippen molar-refractivity contribution in [1.29, 1.82) is 0 Å². The lowest BCUT2D eigenvalue weighted by Gasteiger charge is -2.61. The molecule has 2 N–H and O–H groups in total. The smallest absolute Gasteiger partial charge is 0.387 e. The molecule has 0 radical (unpaired) electrons. The Morgan fingerprint density at radius 3 is 2.09 bits per heavy atom. The summed E-state index contributed by atoms with van der Waals surface area (Å²) in [6.45, 7) is 0.912. The third kappa shape index (κ3) is 8.90. The zero-order chi connectivity index (χ0) is 32.5. The van der Waals surface area contributed by atoms with Crippen LogP contribution in [-0.2, 0) is 52.4 Å². The van der Waals surface area contributed by atoms with Crippen molar-refractivity contribution in [3.63, 3.8) is 0 Å². The number of aliphatic hydroxyl groups is 1. The SMILES string of the molecule is CCCCCCCC/C=C\CCCCCCCCO[C@@]12O[C@@H]3COOS(=O)(=O)O[C@@H]([C@@H]3O)[C@]1(NC(=O)C(F)(F)F)OS2(=O)=O. The molecule has 3 heterocycles. The van der Waals surface area contributed by atoms with Gasteiger partial charge in [-0.1, -0.05) is 81.2 Å². The Kier molecular flexibility index (Phi) is 13.4. The van der Waals surface area contributed by atoms with Crippen molar-refractivity contribution in [3.8, 4) is 0 Å². The molecule has 0 unspecified atom stereocenters. The number of carbonyl (C=O) groups excluding carboxylic acids is 1. The number of unbranched alkanes of at least 4 members (excludes halogenated alkanes) is 12. The first-order chi connectivity index (χ1) is 20.7. The average molecular weight is 682 g/mol. The van der Waals surface area contributed by atoms with Crippen molar-refractivity contribution in [3.05, 3.63) is 12.2 Å². The summed E-state index contributed by atoms with van der Waals surface area (Å²) in [4.78, 5) is 16.3. The molecule has 3 aliphatic heterocycles. The van der Waals surface area contributed by atoms with Crippen molar-refractivity contribution < 1.29 is 67.0 Å². The van der Waals surface area contributed by atoms with E-state index in [9.17, 15) is 39.9 Å². The molecule has 0 spiro atoms. The average Bonchev–Trinajstić information content (AvgIpc) is 2.93. The molecule has 0 aliphatic carbocycles. The van der Waals surface area contributed by atoms with E-state index in [1.807, 2.05) is 0 Å². The maximum Gasteiger partial charge on any atom is 0.471 e. The molecule has 1 amide bonds. The summed E-state index contributed by atoms with van der Waals surface area (Å²) in [6, 6.07) is 0. The number of alkyl halides is 3. The van der Waals surface area contributed by atoms with Gasteiger partial charge in [0.15, 0.2) is 6.10 Å². The molecule has 3 fully saturated rings. The first kappa shape index (κ1) is 37.1. The Hall–Kier alpha value is -1.38. The molecule has 18 heteroatoms. The number of nitrogens with one attached hydrogen (secondary N) is 1. The van der Waals surface area contributed by atoms with E-state index in [0.29, 0.717) is 6.42 Å². The van der Waals surface area contributed by atoms with Gasteiger partial charge in [-0.2, -0.15) is 30.0 Å². The van der Waals surface area contributed by atoms with Crippen molar-refractivity contribution in [2.24, 2.45) is 0 Å². The summed E-state index contributed by atoms with van der Waals surface area (Å²) in [6.07, 6.45) is 6.50. The van der Waals surface area contributed by atoms with Crippen LogP contribution in [0.15, 0.2) is 12.2 Å². The maximum atomic E-state index is 13.2. The zero-order valence-corrected chi connectivity index (χ0v) is 26.2. The van der Waals surface area contributed by atoms with Crippen LogP contribution < -0.4 is 5.32 Å². The van der Waals surface area contributed by atoms with E-state index in [0.717, 1.165) is 38.5 Å². The molecule has 0 saturated carbocycles. The summed E-state index contributed by atoms with van der Waals surface area (Å²) in [5.74, 6) is -2.73. The van der Waals surface area contributed by atoms with E-state index in [1.54, 1.807) is 0 Å². The molecule has 5 atom stereocenters. The predicted molar refractivity (Wildman–Crippen MR) is 147 cm³/mol. The number of carbonyl (C=O) groups is 1. The van der Waals surface area contributed by atoms with Gasteiger partial charge in [0.05, 0.1) is 6.61 Å². The molecule has 0 aromatic rings. The van der Waals surface area contributed by atoms with Crippen molar-refractivity contribution in [2.75, 3.05) is 13.2 Å². The molecule has 0 aromatic heterocycles. The number of hydrogen-bond acceptors (Lipinski definition) is 12. The van der Waals surface area contributed by atoms with Crippen LogP contribution >= 0.6 is 0 Å². The molecule has 44 heavy (non-hydrogen) atoms. The number of fused-ring (bicyclic) bond motifs is 4. The predicted octanol–water partition coefficient (Wildman–Crippen LogP) is 3.78. The third-order valence-electron chi connectivity index (χ3n) is 7.51. The summed E-state index contributed by atoms with van der Waals surface area (Å²) in [7, 11) is -10.2. The van der Waals surface area contributed by atoms with E-state index < -0.39 is 75.0 Å². The second-order valence-corrected chi connectivity index (χ2v) is 13.7. The molecule has 0 aromatic carbocycles. The van der Waals surface area contributed by atoms with Crippen LogP contribution in [0.1, 0.15) is 96.8 Å². The highest BCUT2D eigenvalue weighted by Crippen LogP contribution is 2.55. The highest BCUT2D eigenvalue weighted by molar-refractivity contribution is 7.89. The number of rotatable bonds is 18. The van der Waals surface area contributed by atoms with E-state index in [1.165, 1.54) is 43.8 Å². The Balaban J connectivity index is 1.53. The van der Waals surface area contributed by atoms with Crippen LogP contribution in [0.4, 0.5) is 13.2 Å². The van der Waals surface area contributed by atoms with Gasteiger partial charge in [0.25, 0.3) is 5.72 Å². The van der Waals surface area contributed by atoms with Gasteiger partial charge < -0.3 is 19.9 Å². The summed E-state index contributed by atoms with van der Waals surface area (Å²) >= 11 is 0. The maximum absolute atomic E-state index is 13.2. The van der Waals surface area contributed by atoms with E-state index in [-0.39, 0.29) is 6.42 Å². The number of aliphatic hydroxyl groups excluding tert-OH is 1. The molecule has 3 rings (SSSR count). The van der Waals surface area contributed by atoms with Gasteiger partial charge in [0.1, 0.15) is 18.8 Å². The standard InChI is InChI=1S/C26H42F3NO12S2/c1-2-3-4-5-6-7-8-9-10-11-12-13-14-15-16-17-18-37-26-24(41-43(26,33)34,30-23(32)25(27,28)29)22-21(31)20(39-26)19-38-42-44(35,36)40-22/h9-10,20-22,31H,2-8,11-19H2,1H3,(H,30,32)/b10-9-/t20-,21-,22+,24+,26-/m1/s1. The molecule has 256 valence electrons. The van der Waals surface area contributed by atoms with Crippen LogP contribution in [0.25, 0.3) is 0 Å². The number of halogens is 3. The fraction of sp³-hybridized carbons (Fsp3) is 0.885. The normalized spacial score (nSPS) is 31.1. The second kappa shape index (κ2) is 15.9. The largest absolute Gasteiger partial charge is 0.471 e. The van der Waals surface area contributed by atoms with Gasteiger partial charge in [-0.05, 0) is 32.1 Å². The van der Waals surface area contributed by atoms with Crippen LogP contribution in [0.3, 0.4) is 0 Å². The van der Waals surface area contributed by atoms with Gasteiger partial charge in [-0.15, -0.1) is 0 Å². The lowest BCUT2D eigenvalue weighted by atomic mass is 9.92. The Morgan fingerprint density at radius 1 is 0.955 bits per heavy atom. The van der Waals surface area contributed by atoms with Gasteiger partial charge in [0.2, 0.25) is 0 Å². The third-order valence-corrected chi connectivity index (χ3v) is 9.88. The van der Waals surface area contributed by atoms with Gasteiger partial charge in [0, 0.05) is 0 Å². The molecule has 2 bridgehead atoms. The van der Waals surface area contributed by atoms with Crippen LogP contribution in [0, 0.1) is 0 Å². The molecule has 13 nitrogen and oxygen atoms in total. The van der Waals surface area contributed by atoms with E-state index >= 15 is 0 Å². The fourth-order valence-electron chi connectivity index (χ4n) is 5.23. The van der Waals surface area contributed by atoms with Gasteiger partial charge in [-0.25, -0.2) is 13.3 Å². The van der Waals surface area contributed by atoms with Crippen LogP contribution in [-0.4, -0.2) is 76.4 Å². The monoisotopic (exact) mass is 681 g/mol. The second-order valence-electron chi connectivity index (χ2n) is 11.0. The van der Waals surface area contributed by atoms with Gasteiger partial charge >= 0.3 is 37.7 Å². The van der Waals surface area contributed by atoms with Crippen molar-refractivity contribution in [2.45, 2.75) is 132 Å². The highest BCUT2D eigenvalue weighted by atomic mass is 32.3. The first-order valence-corrected chi connectivity index (χ1v) is 17.7. The molecule has 3 saturated heterocycles. The lowest BCUT2D eigenvalue weighted by molar-refractivity contribution is -0.405. The molecule has 3 aliphatic rings. The highest BCUT2D eigenvalue weighted by Gasteiger charge is 2.86. The summed E-state index contributed by atoms with van der Waals surface area (Å²) in [5, 5.41) is 8.70. The number of hydrogen-bond donors (Lipinski definition) is 2. The van der Waals surface area contributed by atoms with Crippen molar-refractivity contribution in [1.82, 2.24) is 5.32 Å². The molecular weight excluding hydrogens is 639 g/mol. The minimum atomic E-state index is -5.57. The first-order valence-electron chi connectivity index (χ1n) is 14.9. The van der Waals surface area contributed by atoms with Crippen LogP contribution in [0.5, 0.6) is 0 Å². The Bertz CT molecular complexity index is 1180. The van der Waals surface area contributed by atoms with Gasteiger partial charge in [-0.3, -0.25) is 4.79 Å². The van der Waals surface area contributed by atoms with E-state index in [4.69, 9.17) is 9.47 Å². The Morgan fingerprint density at radius 2 is 1.52 bits per heavy atom. The number of ether oxygens (including phenoxy) is 2. The fourth-order valence-corrected chi connectivity index (χ4v) is 7.58. The molecular formula is C26H42F3NO12S2. The summed E-state index contributed by atoms with van der Waals surface area (Å²) < 4.78 is 114. The number of amides is 1. The Labute approximate surface area is 256 Å². The topological polar surface area (TPSA) is 173 Å². The van der Waals surface area contributed by atoms with Crippen molar-refractivity contribution >= 4 is 26.4 Å².